The topological polar surface area (TPSA) is 82.5 Å². The fraction of sp³-hybridized carbons (Fsp3) is 0.500. The third kappa shape index (κ3) is 1.90. The third-order valence-electron chi connectivity index (χ3n) is 1.47. The number of rotatable bonds is 3. The highest BCUT2D eigenvalue weighted by atomic mass is 32.2. The molecule has 0 aliphatic heterocycles. The van der Waals surface area contributed by atoms with Crippen LogP contribution in [0, 0.1) is 6.92 Å². The molecule has 2 aromatic heterocycles. The van der Waals surface area contributed by atoms with Gasteiger partial charge in [0.25, 0.3) is 0 Å². The van der Waals surface area contributed by atoms with Gasteiger partial charge in [0.05, 0.1) is 5.75 Å². The van der Waals surface area contributed by atoms with E-state index in [1.165, 1.54) is 11.8 Å². The molecule has 0 saturated carbocycles. The Morgan fingerprint density at radius 2 is 2.21 bits per heavy atom. The largest absolute Gasteiger partial charge is 0.425 e. The van der Waals surface area contributed by atoms with Crippen molar-refractivity contribution in [2.75, 3.05) is 0 Å². The highest BCUT2D eigenvalue weighted by molar-refractivity contribution is 7.98. The van der Waals surface area contributed by atoms with Gasteiger partial charge < -0.3 is 4.42 Å². The van der Waals surface area contributed by atoms with Gasteiger partial charge in [0.1, 0.15) is 0 Å². The summed E-state index contributed by atoms with van der Waals surface area (Å²) in [4.78, 5) is 0. The van der Waals surface area contributed by atoms with E-state index in [0.717, 1.165) is 5.16 Å². The molecule has 0 saturated heterocycles. The van der Waals surface area contributed by atoms with Crippen LogP contribution in [0.25, 0.3) is 0 Å². The minimum absolute atomic E-state index is 0.566. The maximum atomic E-state index is 5.20. The number of thioether (sulfide) groups is 1. The average Bonchev–Trinajstić information content (AvgIpc) is 2.72. The van der Waals surface area contributed by atoms with Crippen molar-refractivity contribution >= 4 is 11.8 Å². The molecule has 0 aliphatic carbocycles. The van der Waals surface area contributed by atoms with Crippen molar-refractivity contribution in [3.8, 4) is 0 Å². The first-order chi connectivity index (χ1) is 6.75. The molecule has 0 radical (unpaired) electrons. The molecule has 0 aromatic carbocycles. The molecule has 0 unspecified atom stereocenters. The summed E-state index contributed by atoms with van der Waals surface area (Å²) in [6.45, 7) is 1.76. The molecule has 0 atom stereocenters. The Morgan fingerprint density at radius 1 is 1.36 bits per heavy atom. The van der Waals surface area contributed by atoms with Gasteiger partial charge >= 0.3 is 0 Å². The van der Waals surface area contributed by atoms with Crippen LogP contribution >= 0.6 is 11.8 Å². The minimum Gasteiger partial charge on any atom is -0.425 e. The number of nitrogens with zero attached hydrogens (tertiary/aromatic N) is 6. The summed E-state index contributed by atoms with van der Waals surface area (Å²) < 4.78 is 6.79. The van der Waals surface area contributed by atoms with Gasteiger partial charge in [-0.2, -0.15) is 0 Å². The predicted octanol–water partition coefficient (Wildman–Crippen LogP) is 0.194. The van der Waals surface area contributed by atoms with Gasteiger partial charge in [-0.25, -0.2) is 4.68 Å². The summed E-state index contributed by atoms with van der Waals surface area (Å²) in [5, 5.41) is 19.3. The van der Waals surface area contributed by atoms with Gasteiger partial charge in [0.2, 0.25) is 16.9 Å². The molecule has 0 aliphatic rings. The molecule has 2 heterocycles. The van der Waals surface area contributed by atoms with Crippen molar-refractivity contribution in [1.82, 2.24) is 30.4 Å². The van der Waals surface area contributed by atoms with Crippen LogP contribution in [0.2, 0.25) is 0 Å². The minimum atomic E-state index is 0.566. The first-order valence-corrected chi connectivity index (χ1v) is 4.88. The maximum absolute atomic E-state index is 5.20. The van der Waals surface area contributed by atoms with Crippen LogP contribution in [0.15, 0.2) is 9.57 Å². The van der Waals surface area contributed by atoms with E-state index in [1.807, 2.05) is 0 Å². The Bertz CT molecular complexity index is 423. The van der Waals surface area contributed by atoms with Gasteiger partial charge in [0.15, 0.2) is 0 Å². The number of aromatic nitrogens is 6. The summed E-state index contributed by atoms with van der Waals surface area (Å²) >= 11 is 1.45. The van der Waals surface area contributed by atoms with Gasteiger partial charge in [-0.15, -0.1) is 15.3 Å². The first kappa shape index (κ1) is 9.13. The molecule has 2 aromatic rings. The molecule has 2 rings (SSSR count). The van der Waals surface area contributed by atoms with E-state index in [1.54, 1.807) is 18.7 Å². The molecule has 0 bridgehead atoms. The maximum Gasteiger partial charge on any atom is 0.226 e. The van der Waals surface area contributed by atoms with E-state index in [9.17, 15) is 0 Å². The van der Waals surface area contributed by atoms with Crippen LogP contribution in [0.4, 0.5) is 0 Å². The monoisotopic (exact) mass is 212 g/mol. The molecule has 0 fully saturated rings. The molecule has 0 N–H and O–H groups in total. The summed E-state index contributed by atoms with van der Waals surface area (Å²) in [5.41, 5.74) is 0. The Balaban J connectivity index is 1.98. The van der Waals surface area contributed by atoms with Crippen LogP contribution in [-0.2, 0) is 12.8 Å². The molecular formula is C6H8N6OS. The zero-order valence-electron chi connectivity index (χ0n) is 7.71. The molecule has 7 nitrogen and oxygen atoms in total. The second-order valence-corrected chi connectivity index (χ2v) is 3.53. The van der Waals surface area contributed by atoms with E-state index in [-0.39, 0.29) is 0 Å². The lowest BCUT2D eigenvalue weighted by atomic mass is 10.8. The zero-order chi connectivity index (χ0) is 9.97. The van der Waals surface area contributed by atoms with Crippen LogP contribution in [0.1, 0.15) is 11.8 Å². The van der Waals surface area contributed by atoms with Crippen molar-refractivity contribution in [2.45, 2.75) is 17.8 Å². The molecule has 0 spiro atoms. The molecule has 14 heavy (non-hydrogen) atoms. The standard InChI is InChI=1S/C6H8N6OS/c1-4-7-8-5(13-4)3-14-6-9-10-11-12(6)2/h3H2,1-2H3. The first-order valence-electron chi connectivity index (χ1n) is 3.90. The van der Waals surface area contributed by atoms with Gasteiger partial charge in [0, 0.05) is 14.0 Å². The third-order valence-corrected chi connectivity index (χ3v) is 2.47. The Hall–Kier alpha value is -1.44. The normalized spacial score (nSPS) is 10.7. The van der Waals surface area contributed by atoms with Crippen molar-refractivity contribution in [1.29, 1.82) is 0 Å². The number of hydrogen-bond acceptors (Lipinski definition) is 7. The fourth-order valence-electron chi connectivity index (χ4n) is 0.866. The average molecular weight is 212 g/mol. The van der Waals surface area contributed by atoms with Crippen LogP contribution in [-0.4, -0.2) is 30.4 Å². The van der Waals surface area contributed by atoms with E-state index in [4.69, 9.17) is 4.42 Å². The number of hydrogen-bond donors (Lipinski definition) is 0. The highest BCUT2D eigenvalue weighted by Gasteiger charge is 2.07. The van der Waals surface area contributed by atoms with Gasteiger partial charge in [-0.1, -0.05) is 11.8 Å². The number of aryl methyl sites for hydroxylation is 2. The Labute approximate surface area is 83.9 Å². The summed E-state index contributed by atoms with van der Waals surface area (Å²) in [7, 11) is 1.78. The quantitative estimate of drug-likeness (QED) is 0.672. The summed E-state index contributed by atoms with van der Waals surface area (Å²) in [6.07, 6.45) is 0. The fourth-order valence-corrected chi connectivity index (χ4v) is 1.55. The van der Waals surface area contributed by atoms with Gasteiger partial charge in [-0.05, 0) is 10.4 Å². The lowest BCUT2D eigenvalue weighted by Crippen LogP contribution is -1.93. The highest BCUT2D eigenvalue weighted by Crippen LogP contribution is 2.17. The van der Waals surface area contributed by atoms with E-state index >= 15 is 0 Å². The second kappa shape index (κ2) is 3.74. The smallest absolute Gasteiger partial charge is 0.226 e. The molecule has 74 valence electrons. The van der Waals surface area contributed by atoms with Crippen LogP contribution in [0.5, 0.6) is 0 Å². The lowest BCUT2D eigenvalue weighted by Gasteiger charge is -1.93. The Morgan fingerprint density at radius 3 is 2.79 bits per heavy atom. The van der Waals surface area contributed by atoms with E-state index in [0.29, 0.717) is 17.5 Å². The Kier molecular flexibility index (Phi) is 2.44. The van der Waals surface area contributed by atoms with Crippen molar-refractivity contribution < 1.29 is 4.42 Å². The summed E-state index contributed by atoms with van der Waals surface area (Å²) in [5.74, 6) is 1.72. The van der Waals surface area contributed by atoms with E-state index in [2.05, 4.69) is 25.7 Å². The van der Waals surface area contributed by atoms with E-state index < -0.39 is 0 Å². The zero-order valence-corrected chi connectivity index (χ0v) is 8.52. The lowest BCUT2D eigenvalue weighted by molar-refractivity contribution is 0.485. The van der Waals surface area contributed by atoms with Crippen molar-refractivity contribution in [3.05, 3.63) is 11.8 Å². The SMILES string of the molecule is Cc1nnc(CSc2nnnn2C)o1. The van der Waals surface area contributed by atoms with Gasteiger partial charge in [-0.3, -0.25) is 0 Å². The van der Waals surface area contributed by atoms with Crippen LogP contribution in [0.3, 0.4) is 0 Å². The predicted molar refractivity (Wildman–Crippen MR) is 47.4 cm³/mol. The molecule has 0 amide bonds. The second-order valence-electron chi connectivity index (χ2n) is 2.59. The molecule has 8 heteroatoms. The van der Waals surface area contributed by atoms with Crippen LogP contribution < -0.4 is 0 Å². The molecular weight excluding hydrogens is 204 g/mol. The number of tetrazole rings is 1. The summed E-state index contributed by atoms with van der Waals surface area (Å²) in [6, 6.07) is 0. The van der Waals surface area contributed by atoms with Crippen molar-refractivity contribution in [2.24, 2.45) is 7.05 Å². The van der Waals surface area contributed by atoms with Crippen molar-refractivity contribution in [3.63, 3.8) is 0 Å².